The Morgan fingerprint density at radius 3 is 2.80 bits per heavy atom. The third kappa shape index (κ3) is 4.37. The zero-order chi connectivity index (χ0) is 15.1. The molecule has 0 aliphatic carbocycles. The number of rotatable bonds is 4. The van der Waals surface area contributed by atoms with E-state index in [0.29, 0.717) is 11.4 Å². The Labute approximate surface area is 122 Å². The lowest BCUT2D eigenvalue weighted by molar-refractivity contribution is -0.124. The minimum absolute atomic E-state index is 0.0923. The lowest BCUT2D eigenvalue weighted by Crippen LogP contribution is -2.37. The van der Waals surface area contributed by atoms with Gasteiger partial charge in [0.25, 0.3) is 5.91 Å². The first-order chi connectivity index (χ1) is 9.49. The summed E-state index contributed by atoms with van der Waals surface area (Å²) in [5.74, 6) is 4.81. The molecule has 0 saturated carbocycles. The molecule has 6 heteroatoms. The second-order valence-corrected chi connectivity index (χ2v) is 5.41. The molecule has 1 aromatic heterocycles. The molecule has 1 atom stereocenters. The van der Waals surface area contributed by atoms with Crippen molar-refractivity contribution in [3.05, 3.63) is 21.9 Å². The van der Waals surface area contributed by atoms with Crippen LogP contribution in [0.3, 0.4) is 0 Å². The molecule has 0 radical (unpaired) electrons. The topological polar surface area (TPSA) is 69.6 Å². The first kappa shape index (κ1) is 16.2. The first-order valence-electron chi connectivity index (χ1n) is 6.16. The largest absolute Gasteiger partial charge is 0.384 e. The molecule has 1 aromatic rings. The summed E-state index contributed by atoms with van der Waals surface area (Å²) < 4.78 is 0. The Balaban J connectivity index is 2.69. The number of nitrogens with one attached hydrogen (secondary N) is 1. The van der Waals surface area contributed by atoms with Gasteiger partial charge in [0.05, 0.1) is 15.7 Å². The maximum atomic E-state index is 12.2. The van der Waals surface area contributed by atoms with Crippen LogP contribution in [0.1, 0.15) is 21.5 Å². The highest BCUT2D eigenvalue weighted by Gasteiger charge is 2.19. The van der Waals surface area contributed by atoms with Crippen LogP contribution < -0.4 is 5.32 Å². The van der Waals surface area contributed by atoms with Gasteiger partial charge in [-0.15, -0.1) is 11.3 Å². The molecule has 5 nitrogen and oxygen atoms in total. The summed E-state index contributed by atoms with van der Waals surface area (Å²) in [6.45, 7) is 1.92. The maximum Gasteiger partial charge on any atom is 0.263 e. The number of carbonyl (C=O) groups is 2. The smallest absolute Gasteiger partial charge is 0.263 e. The maximum absolute atomic E-state index is 12.2. The molecule has 0 saturated heterocycles. The van der Waals surface area contributed by atoms with Crippen molar-refractivity contribution in [2.24, 2.45) is 5.92 Å². The van der Waals surface area contributed by atoms with Crippen molar-refractivity contribution in [1.29, 1.82) is 0 Å². The Hall–Kier alpha value is -1.84. The average Bonchev–Trinajstić information content (AvgIpc) is 2.91. The van der Waals surface area contributed by atoms with Crippen LogP contribution in [0.2, 0.25) is 0 Å². The van der Waals surface area contributed by atoms with Crippen LogP contribution >= 0.6 is 11.3 Å². The minimum Gasteiger partial charge on any atom is -0.384 e. The highest BCUT2D eigenvalue weighted by Crippen LogP contribution is 2.17. The summed E-state index contributed by atoms with van der Waals surface area (Å²) in [6, 6.07) is 3.45. The van der Waals surface area contributed by atoms with Crippen molar-refractivity contribution in [2.75, 3.05) is 27.2 Å². The van der Waals surface area contributed by atoms with Crippen molar-refractivity contribution in [3.8, 4) is 11.8 Å². The minimum atomic E-state index is -0.262. The van der Waals surface area contributed by atoms with Gasteiger partial charge in [0.2, 0.25) is 5.91 Å². The number of amides is 2. The fourth-order valence-electron chi connectivity index (χ4n) is 1.66. The molecule has 1 heterocycles. The summed E-state index contributed by atoms with van der Waals surface area (Å²) in [4.78, 5) is 26.4. The van der Waals surface area contributed by atoms with Gasteiger partial charge < -0.3 is 15.3 Å². The molecule has 0 spiro atoms. The fraction of sp³-hybridized carbons (Fsp3) is 0.429. The molecular weight excluding hydrogens is 276 g/mol. The molecule has 2 N–H and O–H groups in total. The average molecular weight is 294 g/mol. The Morgan fingerprint density at radius 1 is 1.50 bits per heavy atom. The van der Waals surface area contributed by atoms with Gasteiger partial charge >= 0.3 is 0 Å². The van der Waals surface area contributed by atoms with Crippen LogP contribution in [0.25, 0.3) is 0 Å². The van der Waals surface area contributed by atoms with E-state index in [9.17, 15) is 9.59 Å². The Kier molecular flexibility index (Phi) is 6.22. The highest BCUT2D eigenvalue weighted by atomic mass is 32.1. The highest BCUT2D eigenvalue weighted by molar-refractivity contribution is 7.14. The molecule has 108 valence electrons. The molecular formula is C14H18N2O3S. The summed E-state index contributed by atoms with van der Waals surface area (Å²) in [5.41, 5.74) is 0. The normalized spacial score (nSPS) is 11.2. The third-order valence-corrected chi connectivity index (χ3v) is 3.68. The summed E-state index contributed by atoms with van der Waals surface area (Å²) in [6.07, 6.45) is 0. The molecule has 0 bridgehead atoms. The van der Waals surface area contributed by atoms with Crippen LogP contribution in [-0.2, 0) is 4.79 Å². The van der Waals surface area contributed by atoms with Crippen molar-refractivity contribution >= 4 is 23.2 Å². The van der Waals surface area contributed by atoms with E-state index < -0.39 is 0 Å². The summed E-state index contributed by atoms with van der Waals surface area (Å²) >= 11 is 1.27. The quantitative estimate of drug-likeness (QED) is 0.797. The van der Waals surface area contributed by atoms with Gasteiger partial charge in [-0.2, -0.15) is 0 Å². The van der Waals surface area contributed by atoms with Gasteiger partial charge in [0, 0.05) is 20.6 Å². The number of aliphatic hydroxyl groups excluding tert-OH is 1. The molecule has 0 aliphatic rings. The summed E-state index contributed by atoms with van der Waals surface area (Å²) in [5, 5.41) is 11.2. The fourth-order valence-corrected chi connectivity index (χ4v) is 2.53. The van der Waals surface area contributed by atoms with Crippen molar-refractivity contribution < 1.29 is 14.7 Å². The summed E-state index contributed by atoms with van der Waals surface area (Å²) in [7, 11) is 3.24. The molecule has 20 heavy (non-hydrogen) atoms. The Morgan fingerprint density at radius 2 is 2.20 bits per heavy atom. The second-order valence-electron chi connectivity index (χ2n) is 4.32. The second kappa shape index (κ2) is 7.68. The van der Waals surface area contributed by atoms with Gasteiger partial charge in [-0.05, 0) is 12.1 Å². The lowest BCUT2D eigenvalue weighted by Gasteiger charge is -2.20. The molecule has 0 aliphatic heterocycles. The van der Waals surface area contributed by atoms with Gasteiger partial charge in [-0.1, -0.05) is 18.8 Å². The van der Waals surface area contributed by atoms with E-state index in [1.807, 2.05) is 0 Å². The van der Waals surface area contributed by atoms with Crippen molar-refractivity contribution in [1.82, 2.24) is 10.2 Å². The Bertz CT molecular complexity index is 542. The number of carbonyl (C=O) groups excluding carboxylic acids is 2. The molecule has 1 unspecified atom stereocenters. The van der Waals surface area contributed by atoms with E-state index in [0.717, 1.165) is 4.88 Å². The van der Waals surface area contributed by atoms with E-state index in [1.54, 1.807) is 33.2 Å². The van der Waals surface area contributed by atoms with E-state index >= 15 is 0 Å². The van der Waals surface area contributed by atoms with E-state index in [1.165, 1.54) is 16.2 Å². The SMILES string of the molecule is CNC(=O)C(C)CN(C)C(=O)c1ccc(C#CCO)s1. The van der Waals surface area contributed by atoms with Crippen LogP contribution in [0, 0.1) is 17.8 Å². The van der Waals surface area contributed by atoms with Crippen LogP contribution in [0.4, 0.5) is 0 Å². The van der Waals surface area contributed by atoms with Gasteiger partial charge in [0.15, 0.2) is 0 Å². The van der Waals surface area contributed by atoms with Gasteiger partial charge in [-0.3, -0.25) is 9.59 Å². The standard InChI is InChI=1S/C14H18N2O3S/c1-10(13(18)15-2)9-16(3)14(19)12-7-6-11(20-12)5-4-8-17/h6-7,10,17H,8-9H2,1-3H3,(H,15,18). The number of hydrogen-bond acceptors (Lipinski definition) is 4. The molecule has 0 fully saturated rings. The molecule has 1 rings (SSSR count). The zero-order valence-electron chi connectivity index (χ0n) is 11.8. The predicted molar refractivity (Wildman–Crippen MR) is 78.5 cm³/mol. The van der Waals surface area contributed by atoms with Gasteiger partial charge in [0.1, 0.15) is 6.61 Å². The lowest BCUT2D eigenvalue weighted by atomic mass is 10.1. The predicted octanol–water partition coefficient (Wildman–Crippen LogP) is 0.546. The van der Waals surface area contributed by atoms with Crippen molar-refractivity contribution in [3.63, 3.8) is 0 Å². The monoisotopic (exact) mass is 294 g/mol. The zero-order valence-corrected chi connectivity index (χ0v) is 12.6. The number of hydrogen-bond donors (Lipinski definition) is 2. The van der Waals surface area contributed by atoms with E-state index in [4.69, 9.17) is 5.11 Å². The van der Waals surface area contributed by atoms with E-state index in [-0.39, 0.29) is 24.3 Å². The van der Waals surface area contributed by atoms with E-state index in [2.05, 4.69) is 17.2 Å². The van der Waals surface area contributed by atoms with Crippen molar-refractivity contribution in [2.45, 2.75) is 6.92 Å². The first-order valence-corrected chi connectivity index (χ1v) is 6.97. The third-order valence-electron chi connectivity index (χ3n) is 2.70. The van der Waals surface area contributed by atoms with Gasteiger partial charge in [-0.25, -0.2) is 0 Å². The van der Waals surface area contributed by atoms with Crippen LogP contribution in [-0.4, -0.2) is 49.1 Å². The number of nitrogens with zero attached hydrogens (tertiary/aromatic N) is 1. The molecule has 2 amide bonds. The molecule has 0 aromatic carbocycles. The van der Waals surface area contributed by atoms with Crippen LogP contribution in [0.5, 0.6) is 0 Å². The number of aliphatic hydroxyl groups is 1. The van der Waals surface area contributed by atoms with Crippen LogP contribution in [0.15, 0.2) is 12.1 Å². The number of thiophene rings is 1.